The number of thioether (sulfide) groups is 1. The highest BCUT2D eigenvalue weighted by Gasteiger charge is 2.20. The summed E-state index contributed by atoms with van der Waals surface area (Å²) >= 11 is 1.53. The Morgan fingerprint density at radius 3 is 2.22 bits per heavy atom. The second kappa shape index (κ2) is 11.4. The summed E-state index contributed by atoms with van der Waals surface area (Å²) in [7, 11) is 0. The van der Waals surface area contributed by atoms with Gasteiger partial charge >= 0.3 is 5.97 Å². The number of aromatic carboxylic acids is 1. The van der Waals surface area contributed by atoms with Crippen LogP contribution >= 0.6 is 11.8 Å². The van der Waals surface area contributed by atoms with Crippen LogP contribution in [0.1, 0.15) is 21.5 Å². The number of nitrogens with zero attached hydrogens (tertiary/aromatic N) is 4. The van der Waals surface area contributed by atoms with Crippen LogP contribution in [0.25, 0.3) is 11.3 Å². The zero-order valence-corrected chi connectivity index (χ0v) is 20.8. The number of piperazine rings is 1. The maximum absolute atomic E-state index is 11.3. The fourth-order valence-corrected chi connectivity index (χ4v) is 5.11. The van der Waals surface area contributed by atoms with Crippen molar-refractivity contribution >= 4 is 23.5 Å². The molecule has 4 aromatic rings. The molecule has 1 aliphatic heterocycles. The number of hydrogen-bond donors (Lipinski definition) is 1. The number of carboxylic acids is 1. The van der Waals surface area contributed by atoms with Gasteiger partial charge in [-0.15, -0.1) is 0 Å². The van der Waals surface area contributed by atoms with Crippen molar-refractivity contribution in [3.63, 3.8) is 0 Å². The summed E-state index contributed by atoms with van der Waals surface area (Å²) in [6.07, 6.45) is 0. The van der Waals surface area contributed by atoms with Gasteiger partial charge in [-0.1, -0.05) is 84.6 Å². The highest BCUT2D eigenvalue weighted by atomic mass is 32.2. The van der Waals surface area contributed by atoms with E-state index in [-0.39, 0.29) is 0 Å². The van der Waals surface area contributed by atoms with E-state index >= 15 is 0 Å². The molecule has 1 aliphatic rings. The number of hydrogen-bond acceptors (Lipinski definition) is 6. The zero-order valence-electron chi connectivity index (χ0n) is 20.0. The van der Waals surface area contributed by atoms with Crippen molar-refractivity contribution in [1.29, 1.82) is 0 Å². The van der Waals surface area contributed by atoms with Crippen LogP contribution in [0.15, 0.2) is 96.2 Å². The maximum atomic E-state index is 11.3. The second-order valence-corrected chi connectivity index (χ2v) is 9.75. The maximum Gasteiger partial charge on any atom is 0.335 e. The summed E-state index contributed by atoms with van der Waals surface area (Å²) < 4.78 is 0. The van der Waals surface area contributed by atoms with Crippen LogP contribution in [-0.4, -0.2) is 52.1 Å². The van der Waals surface area contributed by atoms with E-state index in [0.717, 1.165) is 55.4 Å². The summed E-state index contributed by atoms with van der Waals surface area (Å²) in [5.41, 5.74) is 4.52. The van der Waals surface area contributed by atoms with Gasteiger partial charge in [0.15, 0.2) is 5.16 Å². The topological polar surface area (TPSA) is 69.6 Å². The number of benzene rings is 3. The van der Waals surface area contributed by atoms with Gasteiger partial charge in [-0.05, 0) is 23.3 Å². The molecule has 5 rings (SSSR count). The number of carboxylic acid groups (broad SMARTS) is 1. The van der Waals surface area contributed by atoms with Crippen molar-refractivity contribution in [3.05, 3.63) is 108 Å². The standard InChI is InChI=1S/C29H28N4O2S/c34-28(35)25-13-7-10-23(18-25)21-36-29-30-26(24-11-5-2-6-12-24)19-27(31-29)33-16-14-32(15-17-33)20-22-8-3-1-4-9-22/h1-13,18-19H,14-17,20-21H2,(H,34,35). The number of rotatable bonds is 8. The molecule has 0 aliphatic carbocycles. The van der Waals surface area contributed by atoms with Gasteiger partial charge in [0.1, 0.15) is 5.82 Å². The van der Waals surface area contributed by atoms with Gasteiger partial charge in [0, 0.05) is 50.1 Å². The monoisotopic (exact) mass is 496 g/mol. The van der Waals surface area contributed by atoms with E-state index in [1.165, 1.54) is 17.3 Å². The fourth-order valence-electron chi connectivity index (χ4n) is 4.31. The molecule has 0 atom stereocenters. The molecule has 0 spiro atoms. The van der Waals surface area contributed by atoms with Crippen LogP contribution in [0.5, 0.6) is 0 Å². The third kappa shape index (κ3) is 6.11. The van der Waals surface area contributed by atoms with E-state index in [2.05, 4.69) is 58.3 Å². The van der Waals surface area contributed by atoms with Gasteiger partial charge in [-0.25, -0.2) is 14.8 Å². The molecular formula is C29H28N4O2S. The molecule has 6 nitrogen and oxygen atoms in total. The Morgan fingerprint density at radius 1 is 0.806 bits per heavy atom. The minimum Gasteiger partial charge on any atom is -0.478 e. The van der Waals surface area contributed by atoms with Crippen molar-refractivity contribution in [2.24, 2.45) is 0 Å². The van der Waals surface area contributed by atoms with E-state index < -0.39 is 5.97 Å². The van der Waals surface area contributed by atoms with Crippen molar-refractivity contribution in [3.8, 4) is 11.3 Å². The SMILES string of the molecule is O=C(O)c1cccc(CSc2nc(-c3ccccc3)cc(N3CCN(Cc4ccccc4)CC3)n2)c1. The quantitative estimate of drug-likeness (QED) is 0.257. The lowest BCUT2D eigenvalue weighted by atomic mass is 10.1. The van der Waals surface area contributed by atoms with E-state index in [1.807, 2.05) is 24.3 Å². The smallest absolute Gasteiger partial charge is 0.335 e. The fraction of sp³-hybridized carbons (Fsp3) is 0.207. The highest BCUT2D eigenvalue weighted by molar-refractivity contribution is 7.98. The molecule has 1 fully saturated rings. The molecule has 1 aromatic heterocycles. The van der Waals surface area contributed by atoms with Gasteiger partial charge in [0.25, 0.3) is 0 Å². The number of aromatic nitrogens is 2. The van der Waals surface area contributed by atoms with Gasteiger partial charge in [-0.2, -0.15) is 0 Å². The Morgan fingerprint density at radius 2 is 1.50 bits per heavy atom. The van der Waals surface area contributed by atoms with Crippen LogP contribution in [0.3, 0.4) is 0 Å². The Balaban J connectivity index is 1.33. The van der Waals surface area contributed by atoms with E-state index in [1.54, 1.807) is 18.2 Å². The molecule has 0 amide bonds. The van der Waals surface area contributed by atoms with Crippen molar-refractivity contribution in [2.45, 2.75) is 17.5 Å². The van der Waals surface area contributed by atoms with Crippen LogP contribution in [0, 0.1) is 0 Å². The molecular weight excluding hydrogens is 468 g/mol. The van der Waals surface area contributed by atoms with Gasteiger partial charge in [0.2, 0.25) is 0 Å². The Bertz CT molecular complexity index is 1310. The first-order chi connectivity index (χ1) is 17.6. The summed E-state index contributed by atoms with van der Waals surface area (Å²) in [6.45, 7) is 4.73. The van der Waals surface area contributed by atoms with Crippen LogP contribution < -0.4 is 4.90 Å². The second-order valence-electron chi connectivity index (χ2n) is 8.80. The molecule has 2 heterocycles. The Labute approximate surface area is 215 Å². The lowest BCUT2D eigenvalue weighted by Gasteiger charge is -2.35. The van der Waals surface area contributed by atoms with E-state index in [9.17, 15) is 9.90 Å². The lowest BCUT2D eigenvalue weighted by molar-refractivity contribution is 0.0696. The summed E-state index contributed by atoms with van der Waals surface area (Å²) in [5, 5.41) is 9.99. The summed E-state index contributed by atoms with van der Waals surface area (Å²) in [4.78, 5) is 25.9. The minimum absolute atomic E-state index is 0.293. The first-order valence-electron chi connectivity index (χ1n) is 12.0. The molecule has 7 heteroatoms. The van der Waals surface area contributed by atoms with Gasteiger partial charge < -0.3 is 10.0 Å². The van der Waals surface area contributed by atoms with Crippen molar-refractivity contribution in [2.75, 3.05) is 31.1 Å². The predicted octanol–water partition coefficient (Wildman–Crippen LogP) is 5.46. The highest BCUT2D eigenvalue weighted by Crippen LogP contribution is 2.28. The van der Waals surface area contributed by atoms with Crippen LogP contribution in [0.2, 0.25) is 0 Å². The predicted molar refractivity (Wildman–Crippen MR) is 144 cm³/mol. The molecule has 3 aromatic carbocycles. The third-order valence-corrected chi connectivity index (χ3v) is 7.17. The zero-order chi connectivity index (χ0) is 24.7. The average molecular weight is 497 g/mol. The molecule has 0 unspecified atom stereocenters. The normalized spacial score (nSPS) is 14.1. The minimum atomic E-state index is -0.919. The molecule has 182 valence electrons. The number of anilines is 1. The molecule has 1 N–H and O–H groups in total. The van der Waals surface area contributed by atoms with E-state index in [0.29, 0.717) is 16.5 Å². The molecule has 1 saturated heterocycles. The first kappa shape index (κ1) is 24.0. The lowest BCUT2D eigenvalue weighted by Crippen LogP contribution is -2.46. The summed E-state index contributed by atoms with van der Waals surface area (Å²) in [5.74, 6) is 0.617. The van der Waals surface area contributed by atoms with Gasteiger partial charge in [0.05, 0.1) is 11.3 Å². The molecule has 0 saturated carbocycles. The Kier molecular flexibility index (Phi) is 7.59. The van der Waals surface area contributed by atoms with E-state index in [4.69, 9.17) is 9.97 Å². The molecule has 36 heavy (non-hydrogen) atoms. The van der Waals surface area contributed by atoms with Crippen LogP contribution in [0.4, 0.5) is 5.82 Å². The van der Waals surface area contributed by atoms with Gasteiger partial charge in [-0.3, -0.25) is 4.90 Å². The largest absolute Gasteiger partial charge is 0.478 e. The van der Waals surface area contributed by atoms with Crippen molar-refractivity contribution in [1.82, 2.24) is 14.9 Å². The third-order valence-electron chi connectivity index (χ3n) is 6.25. The van der Waals surface area contributed by atoms with Crippen LogP contribution in [-0.2, 0) is 12.3 Å². The molecule has 0 bridgehead atoms. The number of carbonyl (C=O) groups is 1. The molecule has 0 radical (unpaired) electrons. The first-order valence-corrected chi connectivity index (χ1v) is 13.0. The average Bonchev–Trinajstić information content (AvgIpc) is 2.93. The Hall–Kier alpha value is -3.68. The summed E-state index contributed by atoms with van der Waals surface area (Å²) in [6, 6.07) is 29.9. The van der Waals surface area contributed by atoms with Crippen molar-refractivity contribution < 1.29 is 9.90 Å².